The van der Waals surface area contributed by atoms with Crippen LogP contribution in [0.25, 0.3) is 0 Å². The van der Waals surface area contributed by atoms with E-state index in [1.807, 2.05) is 17.9 Å². The van der Waals surface area contributed by atoms with E-state index in [4.69, 9.17) is 9.47 Å². The van der Waals surface area contributed by atoms with Crippen LogP contribution in [0.15, 0.2) is 17.4 Å². The Labute approximate surface area is 153 Å². The number of morpholine rings is 1. The molecule has 138 valence electrons. The van der Waals surface area contributed by atoms with E-state index in [9.17, 15) is 4.79 Å². The number of hydrogen-bond acceptors (Lipinski definition) is 7. The first-order chi connectivity index (χ1) is 12.2. The average molecular weight is 366 g/mol. The first-order valence-electron chi connectivity index (χ1n) is 8.82. The summed E-state index contributed by atoms with van der Waals surface area (Å²) in [7, 11) is 0. The Kier molecular flexibility index (Phi) is 7.03. The SMILES string of the molecule is Cc1ccnc(SCC(=O)N2CCCO[C@@H](CN3CCOCC3)C2)n1. The summed E-state index contributed by atoms with van der Waals surface area (Å²) in [5.74, 6) is 0.501. The lowest BCUT2D eigenvalue weighted by Gasteiger charge is -2.31. The van der Waals surface area contributed by atoms with Gasteiger partial charge >= 0.3 is 0 Å². The fourth-order valence-corrected chi connectivity index (χ4v) is 3.80. The summed E-state index contributed by atoms with van der Waals surface area (Å²) in [4.78, 5) is 25.4. The number of aromatic nitrogens is 2. The van der Waals surface area contributed by atoms with Gasteiger partial charge in [-0.2, -0.15) is 0 Å². The van der Waals surface area contributed by atoms with E-state index >= 15 is 0 Å². The van der Waals surface area contributed by atoms with Crippen molar-refractivity contribution >= 4 is 17.7 Å². The molecule has 25 heavy (non-hydrogen) atoms. The lowest BCUT2D eigenvalue weighted by Crippen LogP contribution is -2.46. The van der Waals surface area contributed by atoms with Gasteiger partial charge in [0.1, 0.15) is 0 Å². The number of amides is 1. The number of rotatable bonds is 5. The van der Waals surface area contributed by atoms with E-state index in [2.05, 4.69) is 14.9 Å². The van der Waals surface area contributed by atoms with Crippen LogP contribution in [-0.4, -0.2) is 90.1 Å². The largest absolute Gasteiger partial charge is 0.379 e. The number of hydrogen-bond donors (Lipinski definition) is 0. The van der Waals surface area contributed by atoms with Gasteiger partial charge < -0.3 is 14.4 Å². The Morgan fingerprint density at radius 2 is 2.16 bits per heavy atom. The summed E-state index contributed by atoms with van der Waals surface area (Å²) in [6.45, 7) is 8.36. The van der Waals surface area contributed by atoms with E-state index in [1.54, 1.807) is 6.20 Å². The monoisotopic (exact) mass is 366 g/mol. The van der Waals surface area contributed by atoms with Crippen LogP contribution < -0.4 is 0 Å². The molecule has 1 aromatic rings. The van der Waals surface area contributed by atoms with Crippen molar-refractivity contribution in [2.45, 2.75) is 24.6 Å². The van der Waals surface area contributed by atoms with Gasteiger partial charge in [0.25, 0.3) is 0 Å². The maximum Gasteiger partial charge on any atom is 0.233 e. The molecule has 1 atom stereocenters. The van der Waals surface area contributed by atoms with Gasteiger partial charge in [-0.05, 0) is 19.4 Å². The summed E-state index contributed by atoms with van der Waals surface area (Å²) in [6, 6.07) is 1.86. The highest BCUT2D eigenvalue weighted by atomic mass is 32.2. The lowest BCUT2D eigenvalue weighted by atomic mass is 10.2. The summed E-state index contributed by atoms with van der Waals surface area (Å²) in [5, 5.41) is 0.657. The van der Waals surface area contributed by atoms with Crippen molar-refractivity contribution in [2.24, 2.45) is 0 Å². The number of carbonyl (C=O) groups excluding carboxylic acids is 1. The van der Waals surface area contributed by atoms with Crippen LogP contribution in [0.1, 0.15) is 12.1 Å². The fourth-order valence-electron chi connectivity index (χ4n) is 3.02. The molecule has 0 unspecified atom stereocenters. The molecular weight excluding hydrogens is 340 g/mol. The van der Waals surface area contributed by atoms with Gasteiger partial charge in [-0.25, -0.2) is 9.97 Å². The molecule has 2 aliphatic rings. The second-order valence-corrected chi connectivity index (χ2v) is 7.31. The van der Waals surface area contributed by atoms with Gasteiger partial charge in [-0.3, -0.25) is 9.69 Å². The van der Waals surface area contributed by atoms with E-state index in [0.717, 1.165) is 51.5 Å². The van der Waals surface area contributed by atoms with Gasteiger partial charge in [-0.15, -0.1) is 0 Å². The Morgan fingerprint density at radius 3 is 2.96 bits per heavy atom. The number of carbonyl (C=O) groups is 1. The summed E-state index contributed by atoms with van der Waals surface area (Å²) in [6.07, 6.45) is 2.69. The highest BCUT2D eigenvalue weighted by Gasteiger charge is 2.25. The van der Waals surface area contributed by atoms with Crippen molar-refractivity contribution in [3.8, 4) is 0 Å². The zero-order valence-corrected chi connectivity index (χ0v) is 15.5. The van der Waals surface area contributed by atoms with Crippen LogP contribution >= 0.6 is 11.8 Å². The third-order valence-electron chi connectivity index (χ3n) is 4.37. The van der Waals surface area contributed by atoms with E-state index < -0.39 is 0 Å². The van der Waals surface area contributed by atoms with Crippen molar-refractivity contribution in [3.63, 3.8) is 0 Å². The van der Waals surface area contributed by atoms with Crippen LogP contribution in [0, 0.1) is 6.92 Å². The van der Waals surface area contributed by atoms with Gasteiger partial charge in [-0.1, -0.05) is 11.8 Å². The third-order valence-corrected chi connectivity index (χ3v) is 5.21. The number of thioether (sulfide) groups is 1. The predicted octanol–water partition coefficient (Wildman–Crippen LogP) is 0.827. The molecular formula is C17H26N4O3S. The van der Waals surface area contributed by atoms with Gasteiger partial charge in [0.15, 0.2) is 5.16 Å². The Balaban J connectivity index is 1.50. The van der Waals surface area contributed by atoms with Crippen LogP contribution in [0.4, 0.5) is 0 Å². The normalized spacial score (nSPS) is 22.6. The maximum atomic E-state index is 12.6. The second-order valence-electron chi connectivity index (χ2n) is 6.37. The van der Waals surface area contributed by atoms with E-state index in [1.165, 1.54) is 11.8 Å². The number of nitrogens with zero attached hydrogens (tertiary/aromatic N) is 4. The summed E-state index contributed by atoms with van der Waals surface area (Å²) < 4.78 is 11.4. The molecule has 8 heteroatoms. The zero-order valence-electron chi connectivity index (χ0n) is 14.7. The highest BCUT2D eigenvalue weighted by molar-refractivity contribution is 7.99. The van der Waals surface area contributed by atoms with Crippen molar-refractivity contribution in [2.75, 3.05) is 58.3 Å². The minimum Gasteiger partial charge on any atom is -0.379 e. The van der Waals surface area contributed by atoms with Crippen molar-refractivity contribution in [1.29, 1.82) is 0 Å². The molecule has 2 aliphatic heterocycles. The van der Waals surface area contributed by atoms with Gasteiger partial charge in [0.2, 0.25) is 5.91 Å². The molecule has 0 N–H and O–H groups in total. The van der Waals surface area contributed by atoms with Crippen molar-refractivity contribution in [3.05, 3.63) is 18.0 Å². The van der Waals surface area contributed by atoms with Crippen molar-refractivity contribution in [1.82, 2.24) is 19.8 Å². The van der Waals surface area contributed by atoms with Gasteiger partial charge in [0.05, 0.1) is 25.1 Å². The molecule has 2 fully saturated rings. The van der Waals surface area contributed by atoms with Crippen LogP contribution in [0.3, 0.4) is 0 Å². The van der Waals surface area contributed by atoms with Crippen LogP contribution in [0.5, 0.6) is 0 Å². The third kappa shape index (κ3) is 5.91. The topological polar surface area (TPSA) is 67.8 Å². The summed E-state index contributed by atoms with van der Waals surface area (Å²) >= 11 is 1.40. The van der Waals surface area contributed by atoms with Crippen molar-refractivity contribution < 1.29 is 14.3 Å². The molecule has 1 aromatic heterocycles. The predicted molar refractivity (Wildman–Crippen MR) is 95.7 cm³/mol. The molecule has 0 radical (unpaired) electrons. The maximum absolute atomic E-state index is 12.6. The minimum absolute atomic E-state index is 0.0739. The Bertz CT molecular complexity index is 569. The molecule has 0 spiro atoms. The quantitative estimate of drug-likeness (QED) is 0.565. The first kappa shape index (κ1) is 18.6. The molecule has 0 aromatic carbocycles. The first-order valence-corrected chi connectivity index (χ1v) is 9.81. The molecule has 0 saturated carbocycles. The molecule has 3 rings (SSSR count). The highest BCUT2D eigenvalue weighted by Crippen LogP contribution is 2.15. The van der Waals surface area contributed by atoms with Crippen LogP contribution in [0.2, 0.25) is 0 Å². The summed E-state index contributed by atoms with van der Waals surface area (Å²) in [5.41, 5.74) is 0.915. The number of aryl methyl sites for hydroxylation is 1. The average Bonchev–Trinajstić information content (AvgIpc) is 2.86. The second kappa shape index (κ2) is 9.47. The molecule has 3 heterocycles. The van der Waals surface area contributed by atoms with Crippen LogP contribution in [-0.2, 0) is 14.3 Å². The Hall–Kier alpha value is -1.22. The lowest BCUT2D eigenvalue weighted by molar-refractivity contribution is -0.129. The molecule has 1 amide bonds. The smallest absolute Gasteiger partial charge is 0.233 e. The molecule has 0 aliphatic carbocycles. The standard InChI is InChI=1S/C17H26N4O3S/c1-14-3-4-18-17(19-14)25-13-16(22)21-5-2-8-24-15(12-21)11-20-6-9-23-10-7-20/h3-4,15H,2,5-13H2,1H3/t15-/m0/s1. The van der Waals surface area contributed by atoms with Gasteiger partial charge in [0, 0.05) is 51.2 Å². The molecule has 7 nitrogen and oxygen atoms in total. The molecule has 0 bridgehead atoms. The minimum atomic E-state index is 0.0739. The fraction of sp³-hybridized carbons (Fsp3) is 0.706. The zero-order chi connectivity index (χ0) is 17.5. The Morgan fingerprint density at radius 1 is 1.32 bits per heavy atom. The number of ether oxygens (including phenoxy) is 2. The van der Waals surface area contributed by atoms with E-state index in [0.29, 0.717) is 24.1 Å². The molecule has 2 saturated heterocycles. The van der Waals surface area contributed by atoms with E-state index in [-0.39, 0.29) is 12.0 Å².